The van der Waals surface area contributed by atoms with Crippen LogP contribution in [0.25, 0.3) is 11.2 Å². The molecular weight excluding hydrogens is 230 g/mol. The molecule has 0 atom stereocenters. The third-order valence-electron chi connectivity index (χ3n) is 3.24. The zero-order valence-corrected chi connectivity index (χ0v) is 9.78. The van der Waals surface area contributed by atoms with Crippen LogP contribution in [0.5, 0.6) is 0 Å². The summed E-state index contributed by atoms with van der Waals surface area (Å²) in [7, 11) is 0. The van der Waals surface area contributed by atoms with Crippen LogP contribution in [0.4, 0.5) is 4.79 Å². The average molecular weight is 243 g/mol. The van der Waals surface area contributed by atoms with Gasteiger partial charge >= 0.3 is 6.09 Å². The van der Waals surface area contributed by atoms with E-state index in [0.717, 1.165) is 17.6 Å². The molecule has 1 N–H and O–H groups in total. The van der Waals surface area contributed by atoms with Crippen molar-refractivity contribution in [2.75, 3.05) is 13.1 Å². The zero-order chi connectivity index (χ0) is 12.5. The van der Waals surface area contributed by atoms with Gasteiger partial charge in [-0.1, -0.05) is 6.08 Å². The standard InChI is InChI=1S/C13H13N3O2/c17-13(18)15-6-3-10(4-7-15)11-1-2-12-14-5-8-16(12)9-11/h1-3,5,8-9H,4,6-7H2,(H,17,18). The number of carbonyl (C=O) groups is 1. The monoisotopic (exact) mass is 243 g/mol. The molecule has 0 radical (unpaired) electrons. The van der Waals surface area contributed by atoms with Gasteiger partial charge in [0.25, 0.3) is 0 Å². The first-order valence-electron chi connectivity index (χ1n) is 5.84. The third kappa shape index (κ3) is 1.84. The molecule has 0 fully saturated rings. The lowest BCUT2D eigenvalue weighted by atomic mass is 10.0. The molecule has 1 amide bonds. The second-order valence-corrected chi connectivity index (χ2v) is 4.32. The van der Waals surface area contributed by atoms with Gasteiger partial charge in [0.1, 0.15) is 5.65 Å². The van der Waals surface area contributed by atoms with Gasteiger partial charge in [-0.2, -0.15) is 0 Å². The minimum Gasteiger partial charge on any atom is -0.465 e. The number of hydrogen-bond acceptors (Lipinski definition) is 2. The maximum absolute atomic E-state index is 10.8. The van der Waals surface area contributed by atoms with Crippen LogP contribution >= 0.6 is 0 Å². The van der Waals surface area contributed by atoms with Crippen molar-refractivity contribution in [3.63, 3.8) is 0 Å². The van der Waals surface area contributed by atoms with E-state index in [2.05, 4.69) is 4.98 Å². The fourth-order valence-corrected chi connectivity index (χ4v) is 2.22. The van der Waals surface area contributed by atoms with Crippen LogP contribution in [0.1, 0.15) is 12.0 Å². The summed E-state index contributed by atoms with van der Waals surface area (Å²) in [4.78, 5) is 16.4. The van der Waals surface area contributed by atoms with E-state index in [0.29, 0.717) is 13.1 Å². The van der Waals surface area contributed by atoms with Crippen molar-refractivity contribution in [3.8, 4) is 0 Å². The number of amides is 1. The summed E-state index contributed by atoms with van der Waals surface area (Å²) in [5.41, 5.74) is 3.25. The molecule has 0 saturated carbocycles. The minimum absolute atomic E-state index is 0.465. The van der Waals surface area contributed by atoms with Crippen LogP contribution in [-0.4, -0.2) is 38.6 Å². The first-order chi connectivity index (χ1) is 8.74. The van der Waals surface area contributed by atoms with Crippen molar-refractivity contribution < 1.29 is 9.90 Å². The van der Waals surface area contributed by atoms with E-state index in [1.807, 2.05) is 35.0 Å². The quantitative estimate of drug-likeness (QED) is 0.834. The second-order valence-electron chi connectivity index (χ2n) is 4.32. The largest absolute Gasteiger partial charge is 0.465 e. The molecule has 2 aromatic rings. The van der Waals surface area contributed by atoms with Gasteiger partial charge < -0.3 is 14.4 Å². The van der Waals surface area contributed by atoms with Crippen LogP contribution in [0, 0.1) is 0 Å². The van der Waals surface area contributed by atoms with Crippen molar-refractivity contribution >= 4 is 17.3 Å². The van der Waals surface area contributed by atoms with Gasteiger partial charge in [0.05, 0.1) is 0 Å². The third-order valence-corrected chi connectivity index (χ3v) is 3.24. The van der Waals surface area contributed by atoms with E-state index in [1.54, 1.807) is 6.20 Å². The van der Waals surface area contributed by atoms with E-state index in [1.165, 1.54) is 10.5 Å². The summed E-state index contributed by atoms with van der Waals surface area (Å²) >= 11 is 0. The number of pyridine rings is 1. The number of fused-ring (bicyclic) bond motifs is 1. The van der Waals surface area contributed by atoms with E-state index in [9.17, 15) is 4.79 Å². The topological polar surface area (TPSA) is 57.8 Å². The molecule has 5 nitrogen and oxygen atoms in total. The number of rotatable bonds is 1. The summed E-state index contributed by atoms with van der Waals surface area (Å²) in [5.74, 6) is 0. The Morgan fingerprint density at radius 2 is 2.28 bits per heavy atom. The lowest BCUT2D eigenvalue weighted by molar-refractivity contribution is 0.150. The Balaban J connectivity index is 1.89. The normalized spacial score (nSPS) is 15.8. The maximum Gasteiger partial charge on any atom is 0.407 e. The fourth-order valence-electron chi connectivity index (χ4n) is 2.22. The minimum atomic E-state index is -0.852. The van der Waals surface area contributed by atoms with Crippen LogP contribution < -0.4 is 0 Å². The number of imidazole rings is 1. The van der Waals surface area contributed by atoms with Gasteiger partial charge in [-0.05, 0) is 29.7 Å². The Morgan fingerprint density at radius 3 is 3.00 bits per heavy atom. The van der Waals surface area contributed by atoms with Crippen molar-refractivity contribution in [3.05, 3.63) is 42.4 Å². The molecule has 92 valence electrons. The Kier molecular flexibility index (Phi) is 2.51. The van der Waals surface area contributed by atoms with E-state index >= 15 is 0 Å². The van der Waals surface area contributed by atoms with Gasteiger partial charge in [-0.3, -0.25) is 0 Å². The number of hydrogen-bond donors (Lipinski definition) is 1. The van der Waals surface area contributed by atoms with Crippen molar-refractivity contribution in [1.29, 1.82) is 0 Å². The molecule has 0 unspecified atom stereocenters. The molecule has 18 heavy (non-hydrogen) atoms. The summed E-state index contributed by atoms with van der Waals surface area (Å²) in [6.07, 6.45) is 7.59. The van der Waals surface area contributed by atoms with Crippen LogP contribution in [-0.2, 0) is 0 Å². The SMILES string of the molecule is O=C(O)N1CC=C(c2ccc3nccn3c2)CC1. The highest BCUT2D eigenvalue weighted by molar-refractivity contribution is 5.71. The molecule has 3 rings (SSSR count). The summed E-state index contributed by atoms with van der Waals surface area (Å²) < 4.78 is 1.97. The zero-order valence-electron chi connectivity index (χ0n) is 9.78. The van der Waals surface area contributed by atoms with Crippen LogP contribution in [0.15, 0.2) is 36.8 Å². The highest BCUT2D eigenvalue weighted by Crippen LogP contribution is 2.22. The smallest absolute Gasteiger partial charge is 0.407 e. The number of carboxylic acid groups (broad SMARTS) is 1. The Hall–Kier alpha value is -2.30. The molecule has 0 spiro atoms. The molecule has 0 aliphatic carbocycles. The van der Waals surface area contributed by atoms with Gasteiger partial charge in [-0.25, -0.2) is 9.78 Å². The fraction of sp³-hybridized carbons (Fsp3) is 0.231. The molecule has 0 aromatic carbocycles. The summed E-state index contributed by atoms with van der Waals surface area (Å²) in [6, 6.07) is 4.00. The van der Waals surface area contributed by atoms with Crippen molar-refractivity contribution in [1.82, 2.24) is 14.3 Å². The van der Waals surface area contributed by atoms with Crippen molar-refractivity contribution in [2.24, 2.45) is 0 Å². The molecule has 5 heteroatoms. The molecule has 3 heterocycles. The van der Waals surface area contributed by atoms with Crippen LogP contribution in [0.2, 0.25) is 0 Å². The maximum atomic E-state index is 10.8. The van der Waals surface area contributed by atoms with Crippen molar-refractivity contribution in [2.45, 2.75) is 6.42 Å². The highest BCUT2D eigenvalue weighted by atomic mass is 16.4. The Labute approximate surface area is 104 Å². The number of aromatic nitrogens is 2. The van der Waals surface area contributed by atoms with E-state index < -0.39 is 6.09 Å². The average Bonchev–Trinajstić information content (AvgIpc) is 2.86. The van der Waals surface area contributed by atoms with Gasteiger partial charge in [0.2, 0.25) is 0 Å². The molecule has 1 aliphatic heterocycles. The predicted molar refractivity (Wildman–Crippen MR) is 67.4 cm³/mol. The second kappa shape index (κ2) is 4.18. The summed E-state index contributed by atoms with van der Waals surface area (Å²) in [6.45, 7) is 1.02. The van der Waals surface area contributed by atoms with Gasteiger partial charge in [-0.15, -0.1) is 0 Å². The summed E-state index contributed by atoms with van der Waals surface area (Å²) in [5, 5.41) is 8.89. The Morgan fingerprint density at radius 1 is 1.39 bits per heavy atom. The first kappa shape index (κ1) is 10.8. The van der Waals surface area contributed by atoms with E-state index in [4.69, 9.17) is 5.11 Å². The van der Waals surface area contributed by atoms with Gasteiger partial charge in [0.15, 0.2) is 0 Å². The lowest BCUT2D eigenvalue weighted by Gasteiger charge is -2.23. The molecule has 0 saturated heterocycles. The molecule has 0 bridgehead atoms. The lowest BCUT2D eigenvalue weighted by Crippen LogP contribution is -2.33. The predicted octanol–water partition coefficient (Wildman–Crippen LogP) is 2.10. The van der Waals surface area contributed by atoms with E-state index in [-0.39, 0.29) is 0 Å². The Bertz CT molecular complexity index is 630. The molecule has 1 aliphatic rings. The highest BCUT2D eigenvalue weighted by Gasteiger charge is 2.16. The molecular formula is C13H13N3O2. The first-order valence-corrected chi connectivity index (χ1v) is 5.84. The molecule has 2 aromatic heterocycles. The number of nitrogens with zero attached hydrogens (tertiary/aromatic N) is 3. The van der Waals surface area contributed by atoms with Gasteiger partial charge in [0, 0.05) is 31.7 Å². The van der Waals surface area contributed by atoms with Crippen LogP contribution in [0.3, 0.4) is 0 Å².